The van der Waals surface area contributed by atoms with Gasteiger partial charge in [0, 0.05) is 18.1 Å². The Morgan fingerprint density at radius 1 is 1.12 bits per heavy atom. The molecule has 0 fully saturated rings. The number of benzene rings is 2. The van der Waals surface area contributed by atoms with Crippen LogP contribution in [0.1, 0.15) is 11.1 Å². The second kappa shape index (κ2) is 9.28. The molecule has 0 saturated heterocycles. The molecule has 1 amide bonds. The van der Waals surface area contributed by atoms with Crippen LogP contribution in [0.25, 0.3) is 0 Å². The summed E-state index contributed by atoms with van der Waals surface area (Å²) in [5.74, 6) is -1.88. The van der Waals surface area contributed by atoms with Gasteiger partial charge in [-0.3, -0.25) is 14.9 Å². The number of carbonyl (C=O) groups is 2. The molecule has 2 aromatic rings. The molecular weight excluding hydrogens is 340 g/mol. The van der Waals surface area contributed by atoms with Gasteiger partial charge in [-0.2, -0.15) is 0 Å². The number of aliphatic carboxylic acids is 1. The maximum absolute atomic E-state index is 11.9. The smallest absolute Gasteiger partial charge is 0.326 e. The Kier molecular flexibility index (Phi) is 6.81. The van der Waals surface area contributed by atoms with Gasteiger partial charge >= 0.3 is 5.97 Å². The predicted octanol–water partition coefficient (Wildman–Crippen LogP) is 1.92. The SMILES string of the molecule is O=C(COCc1ccccc1)N[C@@H](Cc1ccccc1[N+](=O)[O-])C(=O)O. The van der Waals surface area contributed by atoms with E-state index < -0.39 is 22.8 Å². The first-order chi connectivity index (χ1) is 12.5. The van der Waals surface area contributed by atoms with Crippen LogP contribution < -0.4 is 5.32 Å². The maximum Gasteiger partial charge on any atom is 0.326 e. The molecule has 0 saturated carbocycles. The number of para-hydroxylation sites is 1. The lowest BCUT2D eigenvalue weighted by Crippen LogP contribution is -2.43. The topological polar surface area (TPSA) is 119 Å². The van der Waals surface area contributed by atoms with Crippen LogP contribution in [-0.4, -0.2) is 34.6 Å². The molecule has 0 heterocycles. The zero-order valence-corrected chi connectivity index (χ0v) is 13.8. The van der Waals surface area contributed by atoms with Crippen LogP contribution in [0.15, 0.2) is 54.6 Å². The fourth-order valence-corrected chi connectivity index (χ4v) is 2.35. The minimum atomic E-state index is -1.29. The van der Waals surface area contributed by atoms with Gasteiger partial charge < -0.3 is 15.2 Å². The van der Waals surface area contributed by atoms with E-state index in [1.165, 1.54) is 18.2 Å². The van der Waals surface area contributed by atoms with Crippen molar-refractivity contribution in [3.8, 4) is 0 Å². The number of carboxylic acid groups (broad SMARTS) is 1. The molecule has 0 aliphatic rings. The van der Waals surface area contributed by atoms with Gasteiger partial charge in [0.25, 0.3) is 5.69 Å². The third kappa shape index (κ3) is 5.67. The normalized spacial score (nSPS) is 11.5. The number of hydrogen-bond acceptors (Lipinski definition) is 5. The molecule has 0 aromatic heterocycles. The summed E-state index contributed by atoms with van der Waals surface area (Å²) in [4.78, 5) is 33.8. The predicted molar refractivity (Wildman–Crippen MR) is 92.5 cm³/mol. The lowest BCUT2D eigenvalue weighted by molar-refractivity contribution is -0.385. The van der Waals surface area contributed by atoms with Crippen molar-refractivity contribution in [2.24, 2.45) is 0 Å². The van der Waals surface area contributed by atoms with E-state index in [4.69, 9.17) is 4.74 Å². The van der Waals surface area contributed by atoms with E-state index in [9.17, 15) is 24.8 Å². The highest BCUT2D eigenvalue weighted by Gasteiger charge is 2.24. The molecule has 1 atom stereocenters. The number of nitro benzene ring substituents is 1. The summed E-state index contributed by atoms with van der Waals surface area (Å²) in [7, 11) is 0. The minimum Gasteiger partial charge on any atom is -0.480 e. The fourth-order valence-electron chi connectivity index (χ4n) is 2.35. The Morgan fingerprint density at radius 3 is 2.42 bits per heavy atom. The summed E-state index contributed by atoms with van der Waals surface area (Å²) in [6.07, 6.45) is -0.198. The number of nitrogens with one attached hydrogen (secondary N) is 1. The molecular formula is C18H18N2O6. The van der Waals surface area contributed by atoms with Crippen molar-refractivity contribution in [2.45, 2.75) is 19.1 Å². The Labute approximate surface area is 149 Å². The summed E-state index contributed by atoms with van der Waals surface area (Å²) >= 11 is 0. The summed E-state index contributed by atoms with van der Waals surface area (Å²) in [5, 5.41) is 22.6. The van der Waals surface area contributed by atoms with E-state index in [0.717, 1.165) is 5.56 Å². The molecule has 0 radical (unpaired) electrons. The van der Waals surface area contributed by atoms with Gasteiger partial charge in [-0.05, 0) is 5.56 Å². The van der Waals surface area contributed by atoms with E-state index in [-0.39, 0.29) is 30.9 Å². The number of ether oxygens (including phenoxy) is 1. The van der Waals surface area contributed by atoms with Gasteiger partial charge in [-0.15, -0.1) is 0 Å². The second-order valence-electron chi connectivity index (χ2n) is 5.53. The zero-order chi connectivity index (χ0) is 18.9. The summed E-state index contributed by atoms with van der Waals surface area (Å²) < 4.78 is 5.26. The van der Waals surface area contributed by atoms with Crippen LogP contribution in [0, 0.1) is 10.1 Å². The lowest BCUT2D eigenvalue weighted by atomic mass is 10.0. The van der Waals surface area contributed by atoms with Crippen molar-refractivity contribution < 1.29 is 24.4 Å². The number of carbonyl (C=O) groups excluding carboxylic acids is 1. The molecule has 136 valence electrons. The minimum absolute atomic E-state index is 0.187. The average molecular weight is 358 g/mol. The third-order valence-electron chi connectivity index (χ3n) is 3.59. The van der Waals surface area contributed by atoms with Gasteiger partial charge in [-0.1, -0.05) is 48.5 Å². The fraction of sp³-hybridized carbons (Fsp3) is 0.222. The molecule has 26 heavy (non-hydrogen) atoms. The molecule has 0 aliphatic carbocycles. The van der Waals surface area contributed by atoms with Crippen LogP contribution in [0.3, 0.4) is 0 Å². The number of rotatable bonds is 9. The summed E-state index contributed by atoms with van der Waals surface area (Å²) in [6, 6.07) is 13.8. The van der Waals surface area contributed by atoms with Gasteiger partial charge in [0.15, 0.2) is 0 Å². The van der Waals surface area contributed by atoms with E-state index in [0.29, 0.717) is 0 Å². The molecule has 0 unspecified atom stereocenters. The number of nitrogens with zero attached hydrogens (tertiary/aromatic N) is 1. The molecule has 0 spiro atoms. The van der Waals surface area contributed by atoms with Crippen molar-refractivity contribution in [2.75, 3.05) is 6.61 Å². The Balaban J connectivity index is 1.92. The van der Waals surface area contributed by atoms with Crippen LogP contribution in [0.5, 0.6) is 0 Å². The maximum atomic E-state index is 11.9. The van der Waals surface area contributed by atoms with Crippen LogP contribution >= 0.6 is 0 Å². The molecule has 8 heteroatoms. The quantitative estimate of drug-likeness (QED) is 0.522. The number of nitro groups is 1. The second-order valence-corrected chi connectivity index (χ2v) is 5.53. The third-order valence-corrected chi connectivity index (χ3v) is 3.59. The van der Waals surface area contributed by atoms with Crippen LogP contribution in [-0.2, 0) is 27.4 Å². The first kappa shape index (κ1) is 19.1. The van der Waals surface area contributed by atoms with Gasteiger partial charge in [0.2, 0.25) is 5.91 Å². The van der Waals surface area contributed by atoms with Gasteiger partial charge in [-0.25, -0.2) is 4.79 Å². The van der Waals surface area contributed by atoms with Crippen molar-refractivity contribution in [1.82, 2.24) is 5.32 Å². The summed E-state index contributed by atoms with van der Waals surface area (Å²) in [5.41, 5.74) is 0.929. The molecule has 2 N–H and O–H groups in total. The van der Waals surface area contributed by atoms with Crippen molar-refractivity contribution in [3.63, 3.8) is 0 Å². The largest absolute Gasteiger partial charge is 0.480 e. The average Bonchev–Trinajstić information content (AvgIpc) is 2.62. The number of carboxylic acids is 1. The highest BCUT2D eigenvalue weighted by Crippen LogP contribution is 2.19. The summed E-state index contributed by atoms with van der Waals surface area (Å²) in [6.45, 7) is -0.0916. The van der Waals surface area contributed by atoms with E-state index in [2.05, 4.69) is 5.32 Å². The highest BCUT2D eigenvalue weighted by molar-refractivity contribution is 5.84. The highest BCUT2D eigenvalue weighted by atomic mass is 16.6. The van der Waals surface area contributed by atoms with Crippen molar-refractivity contribution in [3.05, 3.63) is 75.8 Å². The molecule has 8 nitrogen and oxygen atoms in total. The zero-order valence-electron chi connectivity index (χ0n) is 13.8. The Bertz CT molecular complexity index is 778. The lowest BCUT2D eigenvalue weighted by Gasteiger charge is -2.15. The Hall–Kier alpha value is -3.26. The molecule has 0 aliphatic heterocycles. The standard InChI is InChI=1S/C18H18N2O6/c21-17(12-26-11-13-6-2-1-3-7-13)19-15(18(22)23)10-14-8-4-5-9-16(14)20(24)25/h1-9,15H,10-12H2,(H,19,21)(H,22,23)/t15-/m0/s1. The van der Waals surface area contributed by atoms with Gasteiger partial charge in [0.05, 0.1) is 11.5 Å². The van der Waals surface area contributed by atoms with Crippen LogP contribution in [0.2, 0.25) is 0 Å². The van der Waals surface area contributed by atoms with Gasteiger partial charge in [0.1, 0.15) is 12.6 Å². The first-order valence-corrected chi connectivity index (χ1v) is 7.83. The van der Waals surface area contributed by atoms with E-state index in [1.807, 2.05) is 30.3 Å². The van der Waals surface area contributed by atoms with Crippen molar-refractivity contribution >= 4 is 17.6 Å². The monoisotopic (exact) mass is 358 g/mol. The van der Waals surface area contributed by atoms with E-state index in [1.54, 1.807) is 6.07 Å². The van der Waals surface area contributed by atoms with Crippen molar-refractivity contribution in [1.29, 1.82) is 0 Å². The number of amides is 1. The van der Waals surface area contributed by atoms with E-state index >= 15 is 0 Å². The Morgan fingerprint density at radius 2 is 1.77 bits per heavy atom. The molecule has 0 bridgehead atoms. The molecule has 2 rings (SSSR count). The number of hydrogen-bond donors (Lipinski definition) is 2. The molecule has 2 aromatic carbocycles. The first-order valence-electron chi connectivity index (χ1n) is 7.83. The van der Waals surface area contributed by atoms with Crippen LogP contribution in [0.4, 0.5) is 5.69 Å².